The van der Waals surface area contributed by atoms with Crippen LogP contribution in [0, 0.1) is 10.1 Å². The number of carbonyl (C=O) groups is 2. The van der Waals surface area contributed by atoms with Gasteiger partial charge in [-0.2, -0.15) is 0 Å². The molecule has 0 aliphatic heterocycles. The summed E-state index contributed by atoms with van der Waals surface area (Å²) in [6.07, 6.45) is 0.347. The fourth-order valence-electron chi connectivity index (χ4n) is 3.82. The first-order valence-corrected chi connectivity index (χ1v) is 13.9. The van der Waals surface area contributed by atoms with Crippen molar-refractivity contribution in [1.29, 1.82) is 0 Å². The van der Waals surface area contributed by atoms with Gasteiger partial charge in [0.2, 0.25) is 11.8 Å². The van der Waals surface area contributed by atoms with Crippen molar-refractivity contribution in [2.24, 2.45) is 0 Å². The zero-order valence-corrected chi connectivity index (χ0v) is 23.4. The van der Waals surface area contributed by atoms with Gasteiger partial charge in [0.05, 0.1) is 20.7 Å². The summed E-state index contributed by atoms with van der Waals surface area (Å²) >= 11 is 13.7. The summed E-state index contributed by atoms with van der Waals surface area (Å²) in [5, 5.41) is 14.6. The summed E-state index contributed by atoms with van der Waals surface area (Å²) in [4.78, 5) is 39.1. The van der Waals surface area contributed by atoms with E-state index in [4.69, 9.17) is 23.2 Å². The third-order valence-electron chi connectivity index (χ3n) is 5.68. The first-order chi connectivity index (χ1) is 18.1. The van der Waals surface area contributed by atoms with Gasteiger partial charge >= 0.3 is 0 Å². The van der Waals surface area contributed by atoms with Crippen molar-refractivity contribution in [2.75, 3.05) is 5.75 Å². The number of nitro groups is 1. The summed E-state index contributed by atoms with van der Waals surface area (Å²) in [6.45, 7) is 3.93. The van der Waals surface area contributed by atoms with E-state index in [0.717, 1.165) is 16.7 Å². The maximum atomic E-state index is 13.6. The molecule has 0 heterocycles. The molecule has 0 bridgehead atoms. The van der Waals surface area contributed by atoms with Crippen LogP contribution in [0.5, 0.6) is 0 Å². The molecule has 0 radical (unpaired) electrons. The van der Waals surface area contributed by atoms with Crippen LogP contribution < -0.4 is 5.32 Å². The molecule has 0 saturated carbocycles. The summed E-state index contributed by atoms with van der Waals surface area (Å²) in [5.74, 6) is 0.171. The van der Waals surface area contributed by atoms with Gasteiger partial charge in [-0.05, 0) is 42.7 Å². The first-order valence-electron chi connectivity index (χ1n) is 12.0. The third kappa shape index (κ3) is 8.75. The molecule has 3 aromatic carbocycles. The molecular weight excluding hydrogens is 545 g/mol. The molecule has 38 heavy (non-hydrogen) atoms. The predicted molar refractivity (Wildman–Crippen MR) is 153 cm³/mol. The Balaban J connectivity index is 1.84. The van der Waals surface area contributed by atoms with Crippen LogP contribution >= 0.6 is 35.0 Å². The van der Waals surface area contributed by atoms with E-state index in [2.05, 4.69) is 5.32 Å². The second-order valence-electron chi connectivity index (χ2n) is 9.06. The van der Waals surface area contributed by atoms with E-state index in [-0.39, 0.29) is 35.8 Å². The Morgan fingerprint density at radius 3 is 2.21 bits per heavy atom. The van der Waals surface area contributed by atoms with Crippen molar-refractivity contribution in [3.8, 4) is 0 Å². The molecule has 7 nitrogen and oxygen atoms in total. The summed E-state index contributed by atoms with van der Waals surface area (Å²) in [7, 11) is 0. The van der Waals surface area contributed by atoms with E-state index >= 15 is 0 Å². The van der Waals surface area contributed by atoms with E-state index < -0.39 is 11.0 Å². The number of amides is 2. The molecule has 0 aromatic heterocycles. The van der Waals surface area contributed by atoms with E-state index in [1.165, 1.54) is 23.9 Å². The van der Waals surface area contributed by atoms with Crippen LogP contribution in [-0.2, 0) is 28.3 Å². The number of nitrogens with zero attached hydrogens (tertiary/aromatic N) is 2. The molecule has 0 aliphatic rings. The average molecular weight is 575 g/mol. The lowest BCUT2D eigenvalue weighted by molar-refractivity contribution is -0.384. The zero-order chi connectivity index (χ0) is 27.7. The van der Waals surface area contributed by atoms with Crippen LogP contribution in [0.3, 0.4) is 0 Å². The highest BCUT2D eigenvalue weighted by atomic mass is 35.5. The minimum Gasteiger partial charge on any atom is -0.352 e. The van der Waals surface area contributed by atoms with Gasteiger partial charge in [0.25, 0.3) is 5.69 Å². The molecule has 0 aliphatic carbocycles. The number of nitrogens with one attached hydrogen (secondary N) is 1. The second-order valence-corrected chi connectivity index (χ2v) is 10.9. The highest BCUT2D eigenvalue weighted by molar-refractivity contribution is 7.99. The van der Waals surface area contributed by atoms with Gasteiger partial charge in [-0.15, -0.1) is 11.8 Å². The molecule has 200 valence electrons. The first kappa shape index (κ1) is 29.5. The molecule has 3 aromatic rings. The highest BCUT2D eigenvalue weighted by Crippen LogP contribution is 2.25. The van der Waals surface area contributed by atoms with Gasteiger partial charge < -0.3 is 10.2 Å². The van der Waals surface area contributed by atoms with E-state index in [1.54, 1.807) is 35.2 Å². The van der Waals surface area contributed by atoms with E-state index in [0.29, 0.717) is 22.2 Å². The normalized spacial score (nSPS) is 11.7. The molecule has 0 unspecified atom stereocenters. The number of non-ortho nitro benzene ring substituents is 1. The van der Waals surface area contributed by atoms with E-state index in [9.17, 15) is 19.7 Å². The molecule has 0 saturated heterocycles. The van der Waals surface area contributed by atoms with Crippen LogP contribution in [-0.4, -0.2) is 39.5 Å². The number of nitro benzene ring substituents is 1. The fourth-order valence-corrected chi connectivity index (χ4v) is 5.01. The molecule has 1 N–H and O–H groups in total. The van der Waals surface area contributed by atoms with Gasteiger partial charge in [-0.25, -0.2) is 0 Å². The van der Waals surface area contributed by atoms with Crippen LogP contribution in [0.25, 0.3) is 0 Å². The minimum absolute atomic E-state index is 0.0162. The number of halogens is 2. The molecule has 2 amide bonds. The standard InChI is InChI=1S/C28H29Cl2N3O4S/c1-19(2)31-28(35)26(15-20-6-4-3-5-7-20)32(16-22-10-13-24(29)25(30)14-22)27(34)18-38-17-21-8-11-23(12-9-21)33(36)37/h3-14,19,26H,15-18H2,1-2H3,(H,31,35)/t26-/m1/s1. The summed E-state index contributed by atoms with van der Waals surface area (Å²) in [5.41, 5.74) is 2.57. The van der Waals surface area contributed by atoms with Gasteiger partial charge in [0.15, 0.2) is 0 Å². The summed E-state index contributed by atoms with van der Waals surface area (Å²) < 4.78 is 0. The fraction of sp³-hybridized carbons (Fsp3) is 0.286. The predicted octanol–water partition coefficient (Wildman–Crippen LogP) is 6.30. The molecule has 0 spiro atoms. The smallest absolute Gasteiger partial charge is 0.269 e. The van der Waals surface area contributed by atoms with Crippen molar-refractivity contribution < 1.29 is 14.5 Å². The number of hydrogen-bond acceptors (Lipinski definition) is 5. The van der Waals surface area contributed by atoms with Crippen LogP contribution in [0.4, 0.5) is 5.69 Å². The lowest BCUT2D eigenvalue weighted by Gasteiger charge is -2.32. The Labute approximate surface area is 236 Å². The van der Waals surface area contributed by atoms with Crippen molar-refractivity contribution >= 4 is 52.5 Å². The van der Waals surface area contributed by atoms with Crippen molar-refractivity contribution in [2.45, 2.75) is 44.6 Å². The highest BCUT2D eigenvalue weighted by Gasteiger charge is 2.30. The molecule has 0 fully saturated rings. The second kappa shape index (κ2) is 14.2. The number of rotatable bonds is 12. The van der Waals surface area contributed by atoms with Crippen molar-refractivity contribution in [1.82, 2.24) is 10.2 Å². The Bertz CT molecular complexity index is 1260. The maximum Gasteiger partial charge on any atom is 0.269 e. The SMILES string of the molecule is CC(C)NC(=O)[C@@H](Cc1ccccc1)N(Cc1ccc(Cl)c(Cl)c1)C(=O)CSCc1ccc([N+](=O)[O-])cc1. The molecule has 10 heteroatoms. The number of benzene rings is 3. The Morgan fingerprint density at radius 1 is 0.947 bits per heavy atom. The Kier molecular flexibility index (Phi) is 11.0. The van der Waals surface area contributed by atoms with Gasteiger partial charge in [-0.1, -0.05) is 71.7 Å². The lowest BCUT2D eigenvalue weighted by atomic mass is 10.0. The molecular formula is C28H29Cl2N3O4S. The van der Waals surface area contributed by atoms with Gasteiger partial charge in [0.1, 0.15) is 6.04 Å². The number of hydrogen-bond donors (Lipinski definition) is 1. The number of carbonyl (C=O) groups excluding carboxylic acids is 2. The van der Waals surface area contributed by atoms with Crippen molar-refractivity contribution in [3.05, 3.63) is 110 Å². The molecule has 1 atom stereocenters. The van der Waals surface area contributed by atoms with E-state index in [1.807, 2.05) is 44.2 Å². The quantitative estimate of drug-likeness (QED) is 0.203. The Morgan fingerprint density at radius 2 is 1.61 bits per heavy atom. The molecule has 3 rings (SSSR count). The Hall–Kier alpha value is -3.07. The largest absolute Gasteiger partial charge is 0.352 e. The van der Waals surface area contributed by atoms with Gasteiger partial charge in [0, 0.05) is 36.9 Å². The topological polar surface area (TPSA) is 92.6 Å². The maximum absolute atomic E-state index is 13.6. The van der Waals surface area contributed by atoms with Crippen molar-refractivity contribution in [3.63, 3.8) is 0 Å². The zero-order valence-electron chi connectivity index (χ0n) is 21.1. The van der Waals surface area contributed by atoms with Crippen LogP contribution in [0.1, 0.15) is 30.5 Å². The summed E-state index contributed by atoms with van der Waals surface area (Å²) in [6, 6.07) is 20.1. The minimum atomic E-state index is -0.748. The van der Waals surface area contributed by atoms with Crippen LogP contribution in [0.15, 0.2) is 72.8 Å². The lowest BCUT2D eigenvalue weighted by Crippen LogP contribution is -2.52. The monoisotopic (exact) mass is 573 g/mol. The van der Waals surface area contributed by atoms with Crippen LogP contribution in [0.2, 0.25) is 10.0 Å². The number of thioether (sulfide) groups is 1. The van der Waals surface area contributed by atoms with Gasteiger partial charge in [-0.3, -0.25) is 19.7 Å². The third-order valence-corrected chi connectivity index (χ3v) is 7.41. The average Bonchev–Trinajstić information content (AvgIpc) is 2.88.